The molecule has 0 unspecified atom stereocenters. The van der Waals surface area contributed by atoms with Crippen molar-refractivity contribution >= 4 is 28.5 Å². The molecule has 100 valence electrons. The van der Waals surface area contributed by atoms with Gasteiger partial charge in [-0.25, -0.2) is 0 Å². The molecule has 0 radical (unpaired) electrons. The zero-order valence-electron chi connectivity index (χ0n) is 10.2. The number of esters is 1. The zero-order valence-corrected chi connectivity index (χ0v) is 11.0. The molecule has 0 fully saturated rings. The number of aromatic nitrogens is 1. The number of carbonyl (C=O) groups is 1. The quantitative estimate of drug-likeness (QED) is 0.843. The lowest BCUT2D eigenvalue weighted by atomic mass is 10.1. The number of aromatic hydroxyl groups is 1. The molecule has 0 aliphatic heterocycles. The molecule has 0 amide bonds. The van der Waals surface area contributed by atoms with Gasteiger partial charge in [0.25, 0.3) is 5.56 Å². The highest BCUT2D eigenvalue weighted by Gasteiger charge is 2.17. The maximum Gasteiger partial charge on any atom is 0.310 e. The van der Waals surface area contributed by atoms with Crippen LogP contribution in [0.5, 0.6) is 5.75 Å². The van der Waals surface area contributed by atoms with Crippen LogP contribution < -0.4 is 5.56 Å². The molecule has 6 heteroatoms. The average Bonchev–Trinajstić information content (AvgIpc) is 2.34. The Kier molecular flexibility index (Phi) is 3.76. The number of carbonyl (C=O) groups excluding carboxylic acids is 1. The molecule has 0 saturated carbocycles. The minimum Gasteiger partial charge on any atom is -0.507 e. The first-order valence-electron chi connectivity index (χ1n) is 5.72. The molecule has 0 aliphatic rings. The zero-order chi connectivity index (χ0) is 14.0. The van der Waals surface area contributed by atoms with Crippen molar-refractivity contribution in [2.45, 2.75) is 13.3 Å². The van der Waals surface area contributed by atoms with Crippen LogP contribution >= 0.6 is 11.6 Å². The third-order valence-electron chi connectivity index (χ3n) is 2.68. The van der Waals surface area contributed by atoms with Gasteiger partial charge in [-0.2, -0.15) is 0 Å². The fourth-order valence-electron chi connectivity index (χ4n) is 1.85. The summed E-state index contributed by atoms with van der Waals surface area (Å²) in [5.41, 5.74) is -0.151. The Morgan fingerprint density at radius 1 is 1.47 bits per heavy atom. The van der Waals surface area contributed by atoms with Crippen LogP contribution in [0.25, 0.3) is 10.9 Å². The fourth-order valence-corrected chi connectivity index (χ4v) is 2.11. The standard InChI is InChI=1S/C13H12ClNO4/c1-2-19-10(16)6-7-12(17)11-8(14)4-3-5-9(11)15-13(7)18/h3-5H,2,6H2,1H3,(H2,15,17,18). The van der Waals surface area contributed by atoms with Gasteiger partial charge in [0.05, 0.1) is 34.5 Å². The van der Waals surface area contributed by atoms with E-state index in [1.807, 2.05) is 0 Å². The van der Waals surface area contributed by atoms with E-state index in [1.54, 1.807) is 25.1 Å². The summed E-state index contributed by atoms with van der Waals surface area (Å²) >= 11 is 5.99. The molecule has 2 rings (SSSR count). The van der Waals surface area contributed by atoms with Crippen molar-refractivity contribution in [2.75, 3.05) is 6.61 Å². The number of aromatic amines is 1. The van der Waals surface area contributed by atoms with Gasteiger partial charge >= 0.3 is 5.97 Å². The van der Waals surface area contributed by atoms with E-state index >= 15 is 0 Å². The number of H-pyrrole nitrogens is 1. The summed E-state index contributed by atoms with van der Waals surface area (Å²) in [7, 11) is 0. The van der Waals surface area contributed by atoms with E-state index in [2.05, 4.69) is 4.98 Å². The molecule has 5 nitrogen and oxygen atoms in total. The lowest BCUT2D eigenvalue weighted by molar-refractivity contribution is -0.142. The highest BCUT2D eigenvalue weighted by atomic mass is 35.5. The van der Waals surface area contributed by atoms with Gasteiger partial charge < -0.3 is 14.8 Å². The molecule has 0 atom stereocenters. The number of benzene rings is 1. The largest absolute Gasteiger partial charge is 0.507 e. The number of rotatable bonds is 3. The number of fused-ring (bicyclic) bond motifs is 1. The van der Waals surface area contributed by atoms with Crippen molar-refractivity contribution in [1.82, 2.24) is 4.98 Å². The van der Waals surface area contributed by atoms with Gasteiger partial charge in [0, 0.05) is 0 Å². The molecule has 0 bridgehead atoms. The first-order valence-corrected chi connectivity index (χ1v) is 6.10. The number of halogens is 1. The highest BCUT2D eigenvalue weighted by molar-refractivity contribution is 6.36. The molecular formula is C13H12ClNO4. The Hall–Kier alpha value is -2.01. The van der Waals surface area contributed by atoms with Gasteiger partial charge in [-0.05, 0) is 19.1 Å². The first kappa shape index (κ1) is 13.4. The number of hydrogen-bond donors (Lipinski definition) is 2. The summed E-state index contributed by atoms with van der Waals surface area (Å²) in [6.07, 6.45) is -0.295. The first-order chi connectivity index (χ1) is 9.04. The Labute approximate surface area is 113 Å². The highest BCUT2D eigenvalue weighted by Crippen LogP contribution is 2.31. The molecule has 2 aromatic rings. The van der Waals surface area contributed by atoms with E-state index in [9.17, 15) is 14.7 Å². The molecule has 1 aromatic carbocycles. The van der Waals surface area contributed by atoms with Crippen molar-refractivity contribution in [3.63, 3.8) is 0 Å². The summed E-state index contributed by atoms with van der Waals surface area (Å²) in [5, 5.41) is 10.7. The van der Waals surface area contributed by atoms with E-state index in [-0.39, 0.29) is 24.3 Å². The predicted octanol–water partition coefficient (Wildman–Crippen LogP) is 1.99. The number of hydrogen-bond acceptors (Lipinski definition) is 4. The van der Waals surface area contributed by atoms with Crippen LogP contribution in [0, 0.1) is 0 Å². The third-order valence-corrected chi connectivity index (χ3v) is 3.00. The maximum atomic E-state index is 11.8. The second-order valence-electron chi connectivity index (χ2n) is 3.93. The molecule has 2 N–H and O–H groups in total. The Morgan fingerprint density at radius 3 is 2.89 bits per heavy atom. The Morgan fingerprint density at radius 2 is 2.21 bits per heavy atom. The van der Waals surface area contributed by atoms with Gasteiger partial charge in [-0.1, -0.05) is 17.7 Å². The molecule has 1 heterocycles. The second kappa shape index (κ2) is 5.32. The van der Waals surface area contributed by atoms with E-state index < -0.39 is 11.5 Å². The summed E-state index contributed by atoms with van der Waals surface area (Å²) in [6.45, 7) is 1.88. The van der Waals surface area contributed by atoms with Gasteiger partial charge in [-0.3, -0.25) is 9.59 Å². The van der Waals surface area contributed by atoms with Crippen LogP contribution in [0.4, 0.5) is 0 Å². The molecule has 0 saturated heterocycles. The average molecular weight is 282 g/mol. The lowest BCUT2D eigenvalue weighted by Gasteiger charge is -2.08. The lowest BCUT2D eigenvalue weighted by Crippen LogP contribution is -2.18. The molecule has 1 aromatic heterocycles. The van der Waals surface area contributed by atoms with Gasteiger partial charge in [-0.15, -0.1) is 0 Å². The van der Waals surface area contributed by atoms with Crippen LogP contribution in [0.1, 0.15) is 12.5 Å². The number of nitrogens with one attached hydrogen (secondary N) is 1. The minimum absolute atomic E-state index is 0.0425. The van der Waals surface area contributed by atoms with E-state index in [0.717, 1.165) is 0 Å². The maximum absolute atomic E-state index is 11.8. The van der Waals surface area contributed by atoms with Gasteiger partial charge in [0.15, 0.2) is 0 Å². The van der Waals surface area contributed by atoms with Crippen LogP contribution in [-0.4, -0.2) is 22.7 Å². The van der Waals surface area contributed by atoms with Crippen LogP contribution in [0.2, 0.25) is 5.02 Å². The van der Waals surface area contributed by atoms with Crippen molar-refractivity contribution in [3.8, 4) is 5.75 Å². The van der Waals surface area contributed by atoms with Gasteiger partial charge in [0.1, 0.15) is 5.75 Å². The van der Waals surface area contributed by atoms with Crippen LogP contribution in [-0.2, 0) is 16.0 Å². The number of ether oxygens (including phenoxy) is 1. The van der Waals surface area contributed by atoms with E-state index in [4.69, 9.17) is 16.3 Å². The van der Waals surface area contributed by atoms with Crippen molar-refractivity contribution in [3.05, 3.63) is 39.1 Å². The topological polar surface area (TPSA) is 79.4 Å². The Bertz CT molecular complexity index is 693. The summed E-state index contributed by atoms with van der Waals surface area (Å²) in [4.78, 5) is 25.8. The normalized spacial score (nSPS) is 10.6. The smallest absolute Gasteiger partial charge is 0.310 e. The van der Waals surface area contributed by atoms with Crippen molar-refractivity contribution in [1.29, 1.82) is 0 Å². The van der Waals surface area contributed by atoms with Crippen LogP contribution in [0.3, 0.4) is 0 Å². The van der Waals surface area contributed by atoms with E-state index in [0.29, 0.717) is 15.9 Å². The SMILES string of the molecule is CCOC(=O)Cc1c(O)c2c(Cl)cccc2[nH]c1=O. The summed E-state index contributed by atoms with van der Waals surface area (Å²) in [6, 6.07) is 4.87. The molecule has 0 aliphatic carbocycles. The minimum atomic E-state index is -0.574. The van der Waals surface area contributed by atoms with Crippen molar-refractivity contribution in [2.24, 2.45) is 0 Å². The monoisotopic (exact) mass is 281 g/mol. The number of pyridine rings is 1. The fraction of sp³-hybridized carbons (Fsp3) is 0.231. The van der Waals surface area contributed by atoms with Gasteiger partial charge in [0.2, 0.25) is 0 Å². The molecule has 0 spiro atoms. The Balaban J connectivity index is 2.59. The van der Waals surface area contributed by atoms with Crippen LogP contribution in [0.15, 0.2) is 23.0 Å². The summed E-state index contributed by atoms with van der Waals surface area (Å²) in [5.74, 6) is -0.855. The second-order valence-corrected chi connectivity index (χ2v) is 4.33. The third kappa shape index (κ3) is 2.56. The molecular weight excluding hydrogens is 270 g/mol. The van der Waals surface area contributed by atoms with E-state index in [1.165, 1.54) is 0 Å². The van der Waals surface area contributed by atoms with Crippen molar-refractivity contribution < 1.29 is 14.6 Å². The predicted molar refractivity (Wildman–Crippen MR) is 71.6 cm³/mol. The summed E-state index contributed by atoms with van der Waals surface area (Å²) < 4.78 is 4.76. The molecule has 19 heavy (non-hydrogen) atoms.